The smallest absolute Gasteiger partial charge is 0.407 e. The van der Waals surface area contributed by atoms with Crippen molar-refractivity contribution in [3.8, 4) is 0 Å². The zero-order valence-electron chi connectivity index (χ0n) is 21.3. The molecule has 0 fully saturated rings. The zero-order valence-corrected chi connectivity index (χ0v) is 24.2. The van der Waals surface area contributed by atoms with Crippen molar-refractivity contribution in [1.82, 2.24) is 16.0 Å². The van der Waals surface area contributed by atoms with Gasteiger partial charge in [0.15, 0.2) is 0 Å². The number of amides is 3. The monoisotopic (exact) mass is 536 g/mol. The molecule has 0 saturated heterocycles. The van der Waals surface area contributed by atoms with Gasteiger partial charge >= 0.3 is 19.8 Å². The van der Waals surface area contributed by atoms with Gasteiger partial charge < -0.3 is 44.3 Å². The number of carbonyl (C=O) groups excluding carboxylic acids is 3. The molecular formula is C20H40N3NaO10P. The van der Waals surface area contributed by atoms with Gasteiger partial charge in [-0.25, -0.2) is 9.59 Å². The Bertz CT molecular complexity index is 624. The van der Waals surface area contributed by atoms with Crippen LogP contribution in [0, 0.1) is 0 Å². The maximum atomic E-state index is 12.5. The summed E-state index contributed by atoms with van der Waals surface area (Å²) in [5.74, 6) is -0.347. The summed E-state index contributed by atoms with van der Waals surface area (Å²) >= 11 is 0. The first-order chi connectivity index (χ1) is 16.2. The van der Waals surface area contributed by atoms with Gasteiger partial charge in [0, 0.05) is 63.5 Å². The van der Waals surface area contributed by atoms with Crippen LogP contribution >= 0.6 is 7.60 Å². The Kier molecular flexibility index (Phi) is 24.3. The topological polar surface area (TPSA) is 171 Å². The quantitative estimate of drug-likeness (QED) is 0.1000. The van der Waals surface area contributed by atoms with Crippen LogP contribution in [0.2, 0.25) is 0 Å². The van der Waals surface area contributed by atoms with E-state index in [1.165, 1.54) is 14.2 Å². The first-order valence-electron chi connectivity index (χ1n) is 11.2. The largest absolute Gasteiger partial charge is 0.447 e. The summed E-state index contributed by atoms with van der Waals surface area (Å²) in [6.45, 7) is 2.82. The van der Waals surface area contributed by atoms with E-state index in [9.17, 15) is 18.9 Å². The molecule has 0 heterocycles. The second-order valence-corrected chi connectivity index (χ2v) is 9.23. The summed E-state index contributed by atoms with van der Waals surface area (Å²) < 4.78 is 35.3. The van der Waals surface area contributed by atoms with Crippen LogP contribution in [0.5, 0.6) is 0 Å². The van der Waals surface area contributed by atoms with Crippen LogP contribution in [-0.4, -0.2) is 126 Å². The van der Waals surface area contributed by atoms with Crippen molar-refractivity contribution in [1.29, 1.82) is 0 Å². The number of alkyl carbamates (subject to hydrolysis) is 2. The number of hydrogen-bond donors (Lipinski definition) is 4. The molecule has 15 heteroatoms. The van der Waals surface area contributed by atoms with E-state index < -0.39 is 25.8 Å². The molecule has 0 aliphatic heterocycles. The molecule has 0 saturated carbocycles. The fourth-order valence-corrected chi connectivity index (χ4v) is 3.04. The Labute approximate surface area is 229 Å². The second-order valence-electron chi connectivity index (χ2n) is 7.36. The van der Waals surface area contributed by atoms with Crippen molar-refractivity contribution in [3.63, 3.8) is 0 Å². The average molecular weight is 537 g/mol. The Morgan fingerprint density at radius 1 is 0.800 bits per heavy atom. The fourth-order valence-electron chi connectivity index (χ4n) is 2.58. The molecule has 201 valence electrons. The Morgan fingerprint density at radius 3 is 1.97 bits per heavy atom. The minimum absolute atomic E-state index is 0. The molecule has 0 aromatic heterocycles. The number of methoxy groups -OCH3 is 2. The van der Waals surface area contributed by atoms with Crippen LogP contribution in [0.4, 0.5) is 9.59 Å². The summed E-state index contributed by atoms with van der Waals surface area (Å²) in [4.78, 5) is 45.0. The van der Waals surface area contributed by atoms with Crippen LogP contribution < -0.4 is 16.0 Å². The van der Waals surface area contributed by atoms with Gasteiger partial charge in [-0.2, -0.15) is 0 Å². The third kappa shape index (κ3) is 24.5. The molecule has 1 unspecified atom stereocenters. The second kappa shape index (κ2) is 23.5. The van der Waals surface area contributed by atoms with Gasteiger partial charge in [-0.15, -0.1) is 0 Å². The first-order valence-corrected chi connectivity index (χ1v) is 13.3. The number of unbranched alkanes of at least 4 members (excludes halogenated alkanes) is 3. The van der Waals surface area contributed by atoms with Gasteiger partial charge in [-0.1, -0.05) is 0 Å². The van der Waals surface area contributed by atoms with Crippen molar-refractivity contribution in [2.24, 2.45) is 0 Å². The number of rotatable bonds is 20. The normalized spacial score (nSPS) is 13.0. The number of ether oxygens (including phenoxy) is 4. The van der Waals surface area contributed by atoms with Crippen LogP contribution in [-0.2, 0) is 32.8 Å². The van der Waals surface area contributed by atoms with Gasteiger partial charge in [0.1, 0.15) is 19.3 Å². The summed E-state index contributed by atoms with van der Waals surface area (Å²) in [5.41, 5.74) is 0. The molecule has 0 rings (SSSR count). The fraction of sp³-hybridized carbons (Fsp3) is 0.850. The molecule has 1 radical (unpaired) electrons. The average Bonchev–Trinajstić information content (AvgIpc) is 2.76. The minimum atomic E-state index is -3.47. The number of carbonyl (C=O) groups is 3. The molecule has 0 bridgehead atoms. The summed E-state index contributed by atoms with van der Waals surface area (Å²) in [5, 5.41) is 7.92. The van der Waals surface area contributed by atoms with E-state index in [1.54, 1.807) is 0 Å². The molecule has 0 aromatic carbocycles. The summed E-state index contributed by atoms with van der Waals surface area (Å²) in [6, 6.07) is -0.799. The first kappa shape index (κ1) is 36.2. The van der Waals surface area contributed by atoms with E-state index in [1.807, 2.05) is 0 Å². The Hall–Kier alpha value is -0.920. The molecule has 3 amide bonds. The standard InChI is InChI=1S/C20H40N3O10P.Na/c1-29-13-15-31-19(25)22-11-7-5-9-17(23-20(26)32-16-14-30-2)18(24)21-10-6-4-8-12-33-34(3,27)28;/h17H,4-16H2,1-3H3,(H,21,24)(H,22,25)(H,23,26)(H,27,28);/t17-;/m0./s1. The van der Waals surface area contributed by atoms with Crippen molar-refractivity contribution in [3.05, 3.63) is 0 Å². The molecule has 0 aliphatic carbocycles. The van der Waals surface area contributed by atoms with Crippen molar-refractivity contribution in [2.45, 2.75) is 44.6 Å². The van der Waals surface area contributed by atoms with E-state index in [2.05, 4.69) is 16.0 Å². The predicted octanol–water partition coefficient (Wildman–Crippen LogP) is 1.01. The van der Waals surface area contributed by atoms with E-state index in [0.717, 1.165) is 6.66 Å². The number of hydrogen-bond acceptors (Lipinski definition) is 9. The van der Waals surface area contributed by atoms with Crippen LogP contribution in [0.1, 0.15) is 38.5 Å². The van der Waals surface area contributed by atoms with Gasteiger partial charge in [0.25, 0.3) is 0 Å². The van der Waals surface area contributed by atoms with Crippen LogP contribution in [0.25, 0.3) is 0 Å². The zero-order chi connectivity index (χ0) is 25.7. The van der Waals surface area contributed by atoms with E-state index in [-0.39, 0.29) is 61.9 Å². The molecule has 0 spiro atoms. The molecular weight excluding hydrogens is 496 g/mol. The van der Waals surface area contributed by atoms with Gasteiger partial charge in [-0.05, 0) is 38.5 Å². The Morgan fingerprint density at radius 2 is 1.37 bits per heavy atom. The Balaban J connectivity index is 0. The molecule has 35 heavy (non-hydrogen) atoms. The molecule has 0 aromatic rings. The maximum Gasteiger partial charge on any atom is 0.407 e. The molecule has 13 nitrogen and oxygen atoms in total. The molecule has 2 atom stereocenters. The summed E-state index contributed by atoms with van der Waals surface area (Å²) in [6.07, 6.45) is 2.16. The molecule has 0 aliphatic rings. The maximum absolute atomic E-state index is 12.5. The van der Waals surface area contributed by atoms with Gasteiger partial charge in [0.05, 0.1) is 19.8 Å². The summed E-state index contributed by atoms with van der Waals surface area (Å²) in [7, 11) is -0.477. The van der Waals surface area contributed by atoms with Gasteiger partial charge in [0.2, 0.25) is 5.91 Å². The van der Waals surface area contributed by atoms with E-state index in [4.69, 9.17) is 28.4 Å². The van der Waals surface area contributed by atoms with Gasteiger partial charge in [-0.3, -0.25) is 9.36 Å². The third-order valence-electron chi connectivity index (χ3n) is 4.29. The third-order valence-corrected chi connectivity index (χ3v) is 4.95. The minimum Gasteiger partial charge on any atom is -0.447 e. The van der Waals surface area contributed by atoms with Crippen molar-refractivity contribution >= 4 is 55.2 Å². The SMILES string of the molecule is COCCOC(=O)NCCCC[C@H](NC(=O)OCCOC)C(=O)NCCCCCOP(C)(=O)O.[Na]. The van der Waals surface area contributed by atoms with Crippen LogP contribution in [0.3, 0.4) is 0 Å². The van der Waals surface area contributed by atoms with E-state index in [0.29, 0.717) is 58.2 Å². The van der Waals surface area contributed by atoms with E-state index >= 15 is 0 Å². The molecule has 4 N–H and O–H groups in total. The van der Waals surface area contributed by atoms with Crippen molar-refractivity contribution < 1.29 is 47.3 Å². The van der Waals surface area contributed by atoms with Crippen LogP contribution in [0.15, 0.2) is 0 Å². The van der Waals surface area contributed by atoms with Crippen molar-refractivity contribution in [2.75, 3.05) is 67.0 Å². The number of nitrogens with one attached hydrogen (secondary N) is 3. The predicted molar refractivity (Wildman–Crippen MR) is 130 cm³/mol.